The Morgan fingerprint density at radius 3 is 2.81 bits per heavy atom. The van der Waals surface area contributed by atoms with E-state index in [0.717, 1.165) is 16.9 Å². The van der Waals surface area contributed by atoms with Gasteiger partial charge in [0.05, 0.1) is 10.7 Å². The molecule has 0 atom stereocenters. The normalized spacial score (nSPS) is 11.2. The molecule has 3 aromatic rings. The highest BCUT2D eigenvalue weighted by molar-refractivity contribution is 6.32. The minimum absolute atomic E-state index is 0.312. The largest absolute Gasteiger partial charge is 0.279 e. The molecule has 0 saturated heterocycles. The van der Waals surface area contributed by atoms with Crippen LogP contribution >= 0.6 is 23.2 Å². The number of halogens is 3. The van der Waals surface area contributed by atoms with E-state index in [1.807, 2.05) is 17.6 Å². The summed E-state index contributed by atoms with van der Waals surface area (Å²) in [6.07, 6.45) is 2.34. The summed E-state index contributed by atoms with van der Waals surface area (Å²) < 4.78 is 15.1. The van der Waals surface area contributed by atoms with E-state index >= 15 is 0 Å². The molecule has 2 heterocycles. The molecule has 0 fully saturated rings. The fourth-order valence-electron chi connectivity index (χ4n) is 2.28. The van der Waals surface area contributed by atoms with Crippen molar-refractivity contribution in [3.05, 3.63) is 52.7 Å². The molecule has 0 unspecified atom stereocenters. The van der Waals surface area contributed by atoms with Crippen molar-refractivity contribution in [2.24, 2.45) is 0 Å². The maximum Gasteiger partial charge on any atom is 0.164 e. The second-order valence-electron chi connectivity index (χ2n) is 4.75. The SMILES string of the molecule is Cc1cnc2c(c1)nc(CCCl)n2-c1ccc(F)cc1Cl. The molecule has 0 bridgehead atoms. The lowest BCUT2D eigenvalue weighted by Gasteiger charge is -2.10. The maximum absolute atomic E-state index is 13.3. The van der Waals surface area contributed by atoms with Crippen LogP contribution in [0.2, 0.25) is 5.02 Å². The van der Waals surface area contributed by atoms with Crippen molar-refractivity contribution in [2.75, 3.05) is 5.88 Å². The van der Waals surface area contributed by atoms with Crippen molar-refractivity contribution in [1.29, 1.82) is 0 Å². The predicted octanol–water partition coefficient (Wildman–Crippen LogP) is 4.30. The van der Waals surface area contributed by atoms with Gasteiger partial charge in [-0.15, -0.1) is 11.6 Å². The molecule has 3 rings (SSSR count). The third-order valence-corrected chi connectivity index (χ3v) is 3.66. The zero-order valence-electron chi connectivity index (χ0n) is 11.3. The summed E-state index contributed by atoms with van der Waals surface area (Å²) in [5.41, 5.74) is 3.14. The van der Waals surface area contributed by atoms with E-state index in [2.05, 4.69) is 9.97 Å². The molecule has 0 spiro atoms. The first kappa shape index (κ1) is 14.3. The van der Waals surface area contributed by atoms with E-state index in [0.29, 0.717) is 28.7 Å². The first-order chi connectivity index (χ1) is 10.1. The summed E-state index contributed by atoms with van der Waals surface area (Å²) in [5, 5.41) is 0.312. The predicted molar refractivity (Wildman–Crippen MR) is 83.0 cm³/mol. The number of aromatic nitrogens is 3. The average molecular weight is 324 g/mol. The Labute approximate surface area is 131 Å². The standard InChI is InChI=1S/C15H12Cl2FN3/c1-9-6-12-15(19-8-9)21(14(20-12)4-5-16)13-3-2-10(18)7-11(13)17/h2-3,6-8H,4-5H2,1H3. The molecule has 6 heteroatoms. The van der Waals surface area contributed by atoms with Gasteiger partial charge in [-0.25, -0.2) is 14.4 Å². The quantitative estimate of drug-likeness (QED) is 0.673. The molecule has 108 valence electrons. The second kappa shape index (κ2) is 5.62. The van der Waals surface area contributed by atoms with Gasteiger partial charge in [-0.3, -0.25) is 4.57 Å². The summed E-state index contributed by atoms with van der Waals surface area (Å²) in [6, 6.07) is 6.22. The number of imidazole rings is 1. The van der Waals surface area contributed by atoms with Crippen LogP contribution in [0, 0.1) is 12.7 Å². The number of rotatable bonds is 3. The van der Waals surface area contributed by atoms with Gasteiger partial charge < -0.3 is 0 Å². The van der Waals surface area contributed by atoms with E-state index in [1.165, 1.54) is 12.1 Å². The van der Waals surface area contributed by atoms with Crippen molar-refractivity contribution >= 4 is 34.4 Å². The van der Waals surface area contributed by atoms with Crippen molar-refractivity contribution in [3.63, 3.8) is 0 Å². The zero-order valence-corrected chi connectivity index (χ0v) is 12.8. The summed E-state index contributed by atoms with van der Waals surface area (Å²) in [7, 11) is 0. The van der Waals surface area contributed by atoms with Gasteiger partial charge in [-0.05, 0) is 36.8 Å². The van der Waals surface area contributed by atoms with Crippen molar-refractivity contribution < 1.29 is 4.39 Å². The van der Waals surface area contributed by atoms with Crippen LogP contribution in [0.5, 0.6) is 0 Å². The summed E-state index contributed by atoms with van der Waals surface area (Å²) in [6.45, 7) is 1.96. The number of benzene rings is 1. The van der Waals surface area contributed by atoms with Gasteiger partial charge in [0, 0.05) is 18.5 Å². The van der Waals surface area contributed by atoms with Crippen molar-refractivity contribution in [1.82, 2.24) is 14.5 Å². The summed E-state index contributed by atoms with van der Waals surface area (Å²) >= 11 is 12.0. The highest BCUT2D eigenvalue weighted by Gasteiger charge is 2.16. The fourth-order valence-corrected chi connectivity index (χ4v) is 2.70. The Hall–Kier alpha value is -1.65. The van der Waals surface area contributed by atoms with Gasteiger partial charge in [0.1, 0.15) is 17.2 Å². The Kier molecular flexibility index (Phi) is 3.83. The van der Waals surface area contributed by atoms with Gasteiger partial charge >= 0.3 is 0 Å². The van der Waals surface area contributed by atoms with E-state index < -0.39 is 0 Å². The smallest absolute Gasteiger partial charge is 0.164 e. The summed E-state index contributed by atoms with van der Waals surface area (Å²) in [4.78, 5) is 9.00. The lowest BCUT2D eigenvalue weighted by atomic mass is 10.3. The van der Waals surface area contributed by atoms with E-state index in [-0.39, 0.29) is 5.82 Å². The number of hydrogen-bond donors (Lipinski definition) is 0. The second-order valence-corrected chi connectivity index (χ2v) is 5.54. The van der Waals surface area contributed by atoms with Crippen LogP contribution in [-0.4, -0.2) is 20.4 Å². The van der Waals surface area contributed by atoms with Gasteiger partial charge in [0.15, 0.2) is 5.65 Å². The molecule has 0 amide bonds. The van der Waals surface area contributed by atoms with Crippen molar-refractivity contribution in [2.45, 2.75) is 13.3 Å². The number of nitrogens with zero attached hydrogens (tertiary/aromatic N) is 3. The first-order valence-corrected chi connectivity index (χ1v) is 7.37. The average Bonchev–Trinajstić information content (AvgIpc) is 2.76. The molecule has 0 aliphatic rings. The Bertz CT molecular complexity index is 814. The van der Waals surface area contributed by atoms with Crippen LogP contribution in [0.15, 0.2) is 30.5 Å². The molecule has 1 aromatic carbocycles. The van der Waals surface area contributed by atoms with E-state index in [9.17, 15) is 4.39 Å². The lowest BCUT2D eigenvalue weighted by Crippen LogP contribution is -2.04. The number of hydrogen-bond acceptors (Lipinski definition) is 2. The number of pyridine rings is 1. The molecule has 21 heavy (non-hydrogen) atoms. The van der Waals surface area contributed by atoms with E-state index in [4.69, 9.17) is 23.2 Å². The van der Waals surface area contributed by atoms with Gasteiger partial charge in [0.2, 0.25) is 0 Å². The molecule has 0 radical (unpaired) electrons. The van der Waals surface area contributed by atoms with Gasteiger partial charge in [0.25, 0.3) is 0 Å². The van der Waals surface area contributed by atoms with Crippen LogP contribution in [-0.2, 0) is 6.42 Å². The molecule has 0 aliphatic heterocycles. The molecule has 0 N–H and O–H groups in total. The molecular weight excluding hydrogens is 312 g/mol. The summed E-state index contributed by atoms with van der Waals surface area (Å²) in [5.74, 6) is 0.809. The third kappa shape index (κ3) is 2.61. The fraction of sp³-hybridized carbons (Fsp3) is 0.200. The number of alkyl halides is 1. The Morgan fingerprint density at radius 2 is 2.10 bits per heavy atom. The molecule has 0 aliphatic carbocycles. The van der Waals surface area contributed by atoms with Crippen LogP contribution in [0.1, 0.15) is 11.4 Å². The number of fused-ring (bicyclic) bond motifs is 1. The van der Waals surface area contributed by atoms with Gasteiger partial charge in [-0.1, -0.05) is 11.6 Å². The van der Waals surface area contributed by atoms with E-state index in [1.54, 1.807) is 12.3 Å². The van der Waals surface area contributed by atoms with Crippen LogP contribution in [0.25, 0.3) is 16.9 Å². The maximum atomic E-state index is 13.3. The highest BCUT2D eigenvalue weighted by Crippen LogP contribution is 2.27. The molecule has 2 aromatic heterocycles. The van der Waals surface area contributed by atoms with Gasteiger partial charge in [-0.2, -0.15) is 0 Å². The monoisotopic (exact) mass is 323 g/mol. The lowest BCUT2D eigenvalue weighted by molar-refractivity contribution is 0.627. The van der Waals surface area contributed by atoms with Crippen molar-refractivity contribution in [3.8, 4) is 5.69 Å². The number of aryl methyl sites for hydroxylation is 2. The third-order valence-electron chi connectivity index (χ3n) is 3.17. The minimum Gasteiger partial charge on any atom is -0.279 e. The Balaban J connectivity index is 2.30. The van der Waals surface area contributed by atoms with Crippen LogP contribution in [0.4, 0.5) is 4.39 Å². The molecule has 3 nitrogen and oxygen atoms in total. The highest BCUT2D eigenvalue weighted by atomic mass is 35.5. The minimum atomic E-state index is -0.379. The van der Waals surface area contributed by atoms with Crippen LogP contribution in [0.3, 0.4) is 0 Å². The zero-order chi connectivity index (χ0) is 15.0. The van der Waals surface area contributed by atoms with Crippen LogP contribution < -0.4 is 0 Å². The Morgan fingerprint density at radius 1 is 1.29 bits per heavy atom. The first-order valence-electron chi connectivity index (χ1n) is 6.45. The molecule has 0 saturated carbocycles. The molecular formula is C15H12Cl2FN3. The topological polar surface area (TPSA) is 30.7 Å².